The first-order chi connectivity index (χ1) is 6.24. The summed E-state index contributed by atoms with van der Waals surface area (Å²) in [5, 5.41) is 6.12. The lowest BCUT2D eigenvalue weighted by atomic mass is 10.2. The van der Waals surface area contributed by atoms with E-state index in [0.717, 1.165) is 0 Å². The Labute approximate surface area is 75.5 Å². The fourth-order valence-electron chi connectivity index (χ4n) is 0.753. The molecule has 0 unspecified atom stereocenters. The van der Waals surface area contributed by atoms with Crippen molar-refractivity contribution in [3.05, 3.63) is 12.2 Å². The number of hydrogen-bond donors (Lipinski definition) is 2. The van der Waals surface area contributed by atoms with Gasteiger partial charge in [0.15, 0.2) is 5.82 Å². The Bertz CT molecular complexity index is 259. The average molecular weight is 184 g/mol. The van der Waals surface area contributed by atoms with E-state index >= 15 is 0 Å². The highest BCUT2D eigenvalue weighted by molar-refractivity contribution is 5.81. The Hall–Kier alpha value is -1.43. The third kappa shape index (κ3) is 2.83. The van der Waals surface area contributed by atoms with Crippen molar-refractivity contribution < 1.29 is 9.32 Å². The third-order valence-corrected chi connectivity index (χ3v) is 1.60. The molecule has 1 aromatic heterocycles. The van der Waals surface area contributed by atoms with E-state index in [1.165, 1.54) is 6.39 Å². The number of nitrogens with one attached hydrogen (secondary N) is 1. The van der Waals surface area contributed by atoms with Gasteiger partial charge in [0.2, 0.25) is 12.3 Å². The highest BCUT2D eigenvalue weighted by Gasteiger charge is 2.10. The Morgan fingerprint density at radius 1 is 1.85 bits per heavy atom. The maximum atomic E-state index is 11.1. The number of hydrogen-bond acceptors (Lipinski definition) is 5. The van der Waals surface area contributed by atoms with Gasteiger partial charge in [-0.15, -0.1) is 0 Å². The number of nitrogens with zero attached hydrogens (tertiary/aromatic N) is 2. The lowest BCUT2D eigenvalue weighted by Gasteiger charge is -2.07. The second-order valence-corrected chi connectivity index (χ2v) is 2.58. The van der Waals surface area contributed by atoms with E-state index in [1.54, 1.807) is 0 Å². The van der Waals surface area contributed by atoms with Crippen molar-refractivity contribution in [2.24, 2.45) is 5.73 Å². The molecule has 1 rings (SSSR count). The first-order valence-corrected chi connectivity index (χ1v) is 4.02. The Balaban J connectivity index is 2.31. The van der Waals surface area contributed by atoms with E-state index in [0.29, 0.717) is 12.2 Å². The summed E-state index contributed by atoms with van der Waals surface area (Å²) in [5.74, 6) is 0.240. The fourth-order valence-corrected chi connectivity index (χ4v) is 0.753. The quantitative estimate of drug-likeness (QED) is 0.653. The first-order valence-electron chi connectivity index (χ1n) is 4.02. The minimum absolute atomic E-state index is 0.202. The summed E-state index contributed by atoms with van der Waals surface area (Å²) in [6, 6.07) is -0.466. The molecule has 72 valence electrons. The number of carbonyl (C=O) groups excluding carboxylic acids is 1. The predicted octanol–water partition coefficient (Wildman–Crippen LogP) is -0.577. The topological polar surface area (TPSA) is 94.0 Å². The molecule has 0 fully saturated rings. The summed E-state index contributed by atoms with van der Waals surface area (Å²) in [4.78, 5) is 14.9. The summed E-state index contributed by atoms with van der Waals surface area (Å²) in [7, 11) is 0. The molecular formula is C7H12N4O2. The SMILES string of the molecule is CC[C@H](N)C(=O)NCc1ncon1. The summed E-state index contributed by atoms with van der Waals surface area (Å²) in [5.41, 5.74) is 5.48. The molecule has 0 aliphatic rings. The molecule has 0 saturated heterocycles. The zero-order chi connectivity index (χ0) is 9.68. The minimum atomic E-state index is -0.466. The van der Waals surface area contributed by atoms with E-state index in [1.807, 2.05) is 6.92 Å². The number of amides is 1. The monoisotopic (exact) mass is 184 g/mol. The van der Waals surface area contributed by atoms with Crippen molar-refractivity contribution in [2.75, 3.05) is 0 Å². The molecule has 1 heterocycles. The molecule has 0 spiro atoms. The van der Waals surface area contributed by atoms with Crippen LogP contribution in [0.15, 0.2) is 10.9 Å². The van der Waals surface area contributed by atoms with Crippen LogP contribution >= 0.6 is 0 Å². The molecule has 1 atom stereocenters. The molecule has 0 aromatic carbocycles. The zero-order valence-electron chi connectivity index (χ0n) is 7.36. The number of carbonyl (C=O) groups is 1. The van der Waals surface area contributed by atoms with Crippen molar-refractivity contribution in [1.82, 2.24) is 15.5 Å². The maximum absolute atomic E-state index is 11.1. The van der Waals surface area contributed by atoms with Crippen molar-refractivity contribution in [3.8, 4) is 0 Å². The maximum Gasteiger partial charge on any atom is 0.237 e. The molecule has 1 amide bonds. The lowest BCUT2D eigenvalue weighted by Crippen LogP contribution is -2.39. The lowest BCUT2D eigenvalue weighted by molar-refractivity contribution is -0.122. The normalized spacial score (nSPS) is 12.5. The van der Waals surface area contributed by atoms with Crippen LogP contribution in [0.2, 0.25) is 0 Å². The second-order valence-electron chi connectivity index (χ2n) is 2.58. The average Bonchev–Trinajstić information content (AvgIpc) is 2.65. The molecule has 3 N–H and O–H groups in total. The van der Waals surface area contributed by atoms with Gasteiger partial charge in [-0.1, -0.05) is 12.1 Å². The van der Waals surface area contributed by atoms with Gasteiger partial charge in [0.25, 0.3) is 0 Å². The van der Waals surface area contributed by atoms with Gasteiger partial charge < -0.3 is 15.6 Å². The van der Waals surface area contributed by atoms with Crippen LogP contribution in [0.5, 0.6) is 0 Å². The van der Waals surface area contributed by atoms with Crippen LogP contribution in [0.3, 0.4) is 0 Å². The minimum Gasteiger partial charge on any atom is -0.347 e. The fraction of sp³-hybridized carbons (Fsp3) is 0.571. The standard InChI is InChI=1S/C7H12N4O2/c1-2-5(8)7(12)9-3-6-10-4-13-11-6/h4-5H,2-3,8H2,1H3,(H,9,12)/t5-/m0/s1. The van der Waals surface area contributed by atoms with Crippen molar-refractivity contribution in [3.63, 3.8) is 0 Å². The summed E-state index contributed by atoms with van der Waals surface area (Å²) < 4.78 is 4.49. The van der Waals surface area contributed by atoms with Crippen molar-refractivity contribution in [2.45, 2.75) is 25.9 Å². The Morgan fingerprint density at radius 3 is 3.15 bits per heavy atom. The van der Waals surface area contributed by atoms with Crippen molar-refractivity contribution in [1.29, 1.82) is 0 Å². The van der Waals surface area contributed by atoms with Crippen LogP contribution in [0.25, 0.3) is 0 Å². The predicted molar refractivity (Wildman–Crippen MR) is 44.4 cm³/mol. The van der Waals surface area contributed by atoms with E-state index < -0.39 is 6.04 Å². The largest absolute Gasteiger partial charge is 0.347 e. The third-order valence-electron chi connectivity index (χ3n) is 1.60. The smallest absolute Gasteiger partial charge is 0.237 e. The van der Waals surface area contributed by atoms with Gasteiger partial charge in [0.05, 0.1) is 12.6 Å². The molecule has 0 bridgehead atoms. The molecule has 6 heteroatoms. The van der Waals surface area contributed by atoms with Crippen LogP contribution < -0.4 is 11.1 Å². The first kappa shape index (κ1) is 9.66. The van der Waals surface area contributed by atoms with Crippen LogP contribution in [0.1, 0.15) is 19.2 Å². The van der Waals surface area contributed by atoms with Crippen LogP contribution in [-0.2, 0) is 11.3 Å². The molecule has 1 aromatic rings. The van der Waals surface area contributed by atoms with Gasteiger partial charge in [-0.05, 0) is 6.42 Å². The number of rotatable bonds is 4. The summed E-state index contributed by atoms with van der Waals surface area (Å²) >= 11 is 0. The highest BCUT2D eigenvalue weighted by Crippen LogP contribution is 1.89. The van der Waals surface area contributed by atoms with E-state index in [4.69, 9.17) is 5.73 Å². The molecule has 6 nitrogen and oxygen atoms in total. The van der Waals surface area contributed by atoms with Crippen molar-refractivity contribution >= 4 is 5.91 Å². The zero-order valence-corrected chi connectivity index (χ0v) is 7.36. The summed E-state index contributed by atoms with van der Waals surface area (Å²) in [6.45, 7) is 2.10. The van der Waals surface area contributed by atoms with Gasteiger partial charge >= 0.3 is 0 Å². The van der Waals surface area contributed by atoms with E-state index in [2.05, 4.69) is 20.0 Å². The number of nitrogens with two attached hydrogens (primary N) is 1. The second kappa shape index (κ2) is 4.56. The van der Waals surface area contributed by atoms with Crippen LogP contribution in [-0.4, -0.2) is 22.1 Å². The van der Waals surface area contributed by atoms with E-state index in [9.17, 15) is 4.79 Å². The van der Waals surface area contributed by atoms with Gasteiger partial charge in [-0.25, -0.2) is 0 Å². The molecular weight excluding hydrogens is 172 g/mol. The summed E-state index contributed by atoms with van der Waals surface area (Å²) in [6.07, 6.45) is 1.82. The van der Waals surface area contributed by atoms with Crippen LogP contribution in [0.4, 0.5) is 0 Å². The molecule has 0 radical (unpaired) electrons. The molecule has 0 aliphatic heterocycles. The van der Waals surface area contributed by atoms with Gasteiger partial charge in [-0.2, -0.15) is 4.98 Å². The Morgan fingerprint density at radius 2 is 2.62 bits per heavy atom. The van der Waals surface area contributed by atoms with Gasteiger partial charge in [0, 0.05) is 0 Å². The molecule has 0 aliphatic carbocycles. The van der Waals surface area contributed by atoms with E-state index in [-0.39, 0.29) is 12.5 Å². The number of aromatic nitrogens is 2. The molecule has 0 saturated carbocycles. The highest BCUT2D eigenvalue weighted by atomic mass is 16.5. The van der Waals surface area contributed by atoms with Gasteiger partial charge in [0.1, 0.15) is 0 Å². The Kier molecular flexibility index (Phi) is 3.39. The van der Waals surface area contributed by atoms with Crippen LogP contribution in [0, 0.1) is 0 Å². The molecule has 13 heavy (non-hydrogen) atoms. The van der Waals surface area contributed by atoms with Gasteiger partial charge in [-0.3, -0.25) is 4.79 Å².